The predicted molar refractivity (Wildman–Crippen MR) is 96.7 cm³/mol. The number of thioether (sulfide) groups is 1. The summed E-state index contributed by atoms with van der Waals surface area (Å²) >= 11 is 0.913. The number of nitro benzene ring substituents is 1. The van der Waals surface area contributed by atoms with E-state index in [-0.39, 0.29) is 39.0 Å². The van der Waals surface area contributed by atoms with Crippen molar-refractivity contribution >= 4 is 29.2 Å². The molecular formula is C19H14FNO5S. The standard InChI is InChI=1S/C19H14FNO5S/c20-13-6-3-5-12(11-13)19(23)26-16-9-4-8-15(22)18(16)27-17-10-2-1-7-14(17)21(24)25/h1-3,5-7,10-11H,4,8-9H2. The third kappa shape index (κ3) is 4.40. The number of allylic oxidation sites excluding steroid dienone is 2. The van der Waals surface area contributed by atoms with Crippen molar-refractivity contribution in [3.63, 3.8) is 0 Å². The van der Waals surface area contributed by atoms with Crippen molar-refractivity contribution in [1.29, 1.82) is 0 Å². The summed E-state index contributed by atoms with van der Waals surface area (Å²) in [6, 6.07) is 11.1. The van der Waals surface area contributed by atoms with Crippen molar-refractivity contribution in [3.05, 3.63) is 80.7 Å². The number of halogens is 1. The molecule has 2 aromatic carbocycles. The van der Waals surface area contributed by atoms with Crippen LogP contribution < -0.4 is 0 Å². The molecule has 0 bridgehead atoms. The summed E-state index contributed by atoms with van der Waals surface area (Å²) < 4.78 is 18.7. The molecule has 27 heavy (non-hydrogen) atoms. The minimum atomic E-state index is -0.778. The van der Waals surface area contributed by atoms with Crippen LogP contribution in [0.15, 0.2) is 64.1 Å². The fraction of sp³-hybridized carbons (Fsp3) is 0.158. The molecule has 0 saturated heterocycles. The van der Waals surface area contributed by atoms with E-state index in [1.807, 2.05) is 0 Å². The average Bonchev–Trinajstić information content (AvgIpc) is 2.64. The second-order valence-corrected chi connectivity index (χ2v) is 6.81. The molecule has 1 aliphatic carbocycles. The molecule has 2 aromatic rings. The number of ether oxygens (including phenoxy) is 1. The molecule has 0 saturated carbocycles. The summed E-state index contributed by atoms with van der Waals surface area (Å²) in [7, 11) is 0. The Kier molecular flexibility index (Phi) is 5.66. The molecule has 3 rings (SSSR count). The van der Waals surface area contributed by atoms with Gasteiger partial charge in [-0.05, 0) is 30.7 Å². The maximum atomic E-state index is 13.3. The molecule has 0 unspecified atom stereocenters. The second kappa shape index (κ2) is 8.13. The van der Waals surface area contributed by atoms with E-state index in [0.29, 0.717) is 12.8 Å². The normalized spacial score (nSPS) is 14.2. The Morgan fingerprint density at radius 2 is 1.93 bits per heavy atom. The van der Waals surface area contributed by atoms with Gasteiger partial charge in [-0.2, -0.15) is 0 Å². The van der Waals surface area contributed by atoms with Crippen LogP contribution in [0.1, 0.15) is 29.6 Å². The fourth-order valence-electron chi connectivity index (χ4n) is 2.59. The topological polar surface area (TPSA) is 86.5 Å². The van der Waals surface area contributed by atoms with Gasteiger partial charge in [0.05, 0.1) is 20.3 Å². The van der Waals surface area contributed by atoms with Gasteiger partial charge in [0.15, 0.2) is 5.78 Å². The molecule has 1 aliphatic rings. The fourth-order valence-corrected chi connectivity index (χ4v) is 3.68. The summed E-state index contributed by atoms with van der Waals surface area (Å²) in [6.07, 6.45) is 1.12. The Labute approximate surface area is 158 Å². The van der Waals surface area contributed by atoms with Crippen LogP contribution in [0.25, 0.3) is 0 Å². The van der Waals surface area contributed by atoms with Crippen LogP contribution >= 0.6 is 11.8 Å². The number of hydrogen-bond acceptors (Lipinski definition) is 6. The number of hydrogen-bond donors (Lipinski definition) is 0. The number of rotatable bonds is 5. The van der Waals surface area contributed by atoms with Crippen LogP contribution in [-0.2, 0) is 9.53 Å². The van der Waals surface area contributed by atoms with E-state index in [9.17, 15) is 24.1 Å². The Morgan fingerprint density at radius 1 is 1.15 bits per heavy atom. The molecular weight excluding hydrogens is 373 g/mol. The molecule has 6 nitrogen and oxygen atoms in total. The number of nitro groups is 1. The van der Waals surface area contributed by atoms with Gasteiger partial charge in [-0.1, -0.05) is 30.0 Å². The van der Waals surface area contributed by atoms with Gasteiger partial charge in [-0.25, -0.2) is 9.18 Å². The number of esters is 1. The zero-order valence-electron chi connectivity index (χ0n) is 14.0. The Bertz CT molecular complexity index is 957. The lowest BCUT2D eigenvalue weighted by molar-refractivity contribution is -0.387. The van der Waals surface area contributed by atoms with Gasteiger partial charge in [0.1, 0.15) is 11.6 Å². The number of Topliss-reactive ketones (excluding diaryl/α,β-unsaturated/α-hetero) is 1. The smallest absolute Gasteiger partial charge is 0.343 e. The van der Waals surface area contributed by atoms with Crippen LogP contribution in [0.3, 0.4) is 0 Å². The molecule has 0 heterocycles. The van der Waals surface area contributed by atoms with Gasteiger partial charge >= 0.3 is 5.97 Å². The maximum Gasteiger partial charge on any atom is 0.343 e. The maximum absolute atomic E-state index is 13.3. The number of carbonyl (C=O) groups is 2. The molecule has 0 radical (unpaired) electrons. The first-order valence-electron chi connectivity index (χ1n) is 8.11. The summed E-state index contributed by atoms with van der Waals surface area (Å²) in [6.45, 7) is 0. The monoisotopic (exact) mass is 387 g/mol. The number of nitrogens with zero attached hydrogens (tertiary/aromatic N) is 1. The largest absolute Gasteiger partial charge is 0.426 e. The van der Waals surface area contributed by atoms with E-state index in [1.165, 1.54) is 36.4 Å². The summed E-state index contributed by atoms with van der Waals surface area (Å²) in [4.78, 5) is 35.8. The average molecular weight is 387 g/mol. The van der Waals surface area contributed by atoms with E-state index in [1.54, 1.807) is 6.07 Å². The van der Waals surface area contributed by atoms with Crippen LogP contribution in [0, 0.1) is 15.9 Å². The molecule has 0 amide bonds. The highest BCUT2D eigenvalue weighted by Gasteiger charge is 2.27. The van der Waals surface area contributed by atoms with Crippen molar-refractivity contribution in [1.82, 2.24) is 0 Å². The highest BCUT2D eigenvalue weighted by atomic mass is 32.2. The van der Waals surface area contributed by atoms with E-state index < -0.39 is 16.7 Å². The Morgan fingerprint density at radius 3 is 2.67 bits per heavy atom. The minimum Gasteiger partial charge on any atom is -0.426 e. The zero-order valence-corrected chi connectivity index (χ0v) is 14.8. The Balaban J connectivity index is 1.92. The van der Waals surface area contributed by atoms with E-state index in [0.717, 1.165) is 17.8 Å². The van der Waals surface area contributed by atoms with Crippen molar-refractivity contribution in [2.75, 3.05) is 0 Å². The number of para-hydroxylation sites is 1. The molecule has 0 aliphatic heterocycles. The van der Waals surface area contributed by atoms with Crippen molar-refractivity contribution in [2.45, 2.75) is 24.2 Å². The van der Waals surface area contributed by atoms with Gasteiger partial charge in [0.2, 0.25) is 0 Å². The van der Waals surface area contributed by atoms with Gasteiger partial charge in [-0.3, -0.25) is 14.9 Å². The van der Waals surface area contributed by atoms with Gasteiger partial charge in [0.25, 0.3) is 5.69 Å². The molecule has 0 aromatic heterocycles. The molecule has 8 heteroatoms. The molecule has 0 atom stereocenters. The van der Waals surface area contributed by atoms with Crippen LogP contribution in [0.2, 0.25) is 0 Å². The second-order valence-electron chi connectivity index (χ2n) is 5.76. The molecule has 0 N–H and O–H groups in total. The minimum absolute atomic E-state index is 0.0237. The Hall–Kier alpha value is -3.00. The van der Waals surface area contributed by atoms with Crippen LogP contribution in [0.5, 0.6) is 0 Å². The van der Waals surface area contributed by atoms with Gasteiger partial charge in [0, 0.05) is 18.9 Å². The highest BCUT2D eigenvalue weighted by molar-refractivity contribution is 8.04. The third-order valence-corrected chi connectivity index (χ3v) is 5.09. The number of carbonyl (C=O) groups excluding carboxylic acids is 2. The lowest BCUT2D eigenvalue weighted by Gasteiger charge is -2.18. The SMILES string of the molecule is O=C1CCCC(OC(=O)c2cccc(F)c2)=C1Sc1ccccc1[N+](=O)[O-]. The summed E-state index contributed by atoms with van der Waals surface area (Å²) in [5, 5.41) is 11.2. The predicted octanol–water partition coefficient (Wildman–Crippen LogP) is 4.65. The lowest BCUT2D eigenvalue weighted by atomic mass is 10.0. The molecule has 0 spiro atoms. The quantitative estimate of drug-likeness (QED) is 0.422. The van der Waals surface area contributed by atoms with E-state index in [2.05, 4.69) is 0 Å². The highest BCUT2D eigenvalue weighted by Crippen LogP contribution is 2.39. The van der Waals surface area contributed by atoms with Gasteiger partial charge < -0.3 is 4.74 Å². The third-order valence-electron chi connectivity index (χ3n) is 3.86. The van der Waals surface area contributed by atoms with Crippen LogP contribution in [0.4, 0.5) is 10.1 Å². The first kappa shape index (κ1) is 18.8. The first-order valence-corrected chi connectivity index (χ1v) is 8.92. The first-order chi connectivity index (χ1) is 13.0. The zero-order chi connectivity index (χ0) is 19.4. The molecule has 138 valence electrons. The van der Waals surface area contributed by atoms with Crippen molar-refractivity contribution in [3.8, 4) is 0 Å². The summed E-state index contributed by atoms with van der Waals surface area (Å²) in [5.41, 5.74) is -0.111. The molecule has 0 fully saturated rings. The lowest BCUT2D eigenvalue weighted by Crippen LogP contribution is -2.15. The van der Waals surface area contributed by atoms with Crippen molar-refractivity contribution < 1.29 is 23.6 Å². The summed E-state index contributed by atoms with van der Waals surface area (Å²) in [5.74, 6) is -1.44. The van der Waals surface area contributed by atoms with Gasteiger partial charge in [-0.15, -0.1) is 0 Å². The van der Waals surface area contributed by atoms with E-state index in [4.69, 9.17) is 4.74 Å². The van der Waals surface area contributed by atoms with Crippen LogP contribution in [-0.4, -0.2) is 16.7 Å². The number of benzene rings is 2. The van der Waals surface area contributed by atoms with Crippen molar-refractivity contribution in [2.24, 2.45) is 0 Å². The number of ketones is 1. The van der Waals surface area contributed by atoms with E-state index >= 15 is 0 Å².